The Hall–Kier alpha value is -5.05. The highest BCUT2D eigenvalue weighted by Gasteiger charge is 2.30. The molecule has 0 saturated carbocycles. The van der Waals surface area contributed by atoms with Gasteiger partial charge in [-0.15, -0.1) is 0 Å². The number of aliphatic hydroxyl groups is 1. The van der Waals surface area contributed by atoms with Gasteiger partial charge in [-0.1, -0.05) is 38.2 Å². The summed E-state index contributed by atoms with van der Waals surface area (Å²) in [6.45, 7) is 6.97. The number of nitrogens with two attached hydrogens (primary N) is 1. The first-order valence-electron chi connectivity index (χ1n) is 16.1. The number of carbonyl (C=O) groups excluding carboxylic acids is 3. The molecule has 0 spiro atoms. The summed E-state index contributed by atoms with van der Waals surface area (Å²) in [4.78, 5) is 45.7. The van der Waals surface area contributed by atoms with E-state index in [4.69, 9.17) is 19.9 Å². The number of hydrogen-bond acceptors (Lipinski definition) is 11. The lowest BCUT2D eigenvalue weighted by Crippen LogP contribution is -2.37. The van der Waals surface area contributed by atoms with E-state index >= 15 is 0 Å². The van der Waals surface area contributed by atoms with Gasteiger partial charge in [-0.3, -0.25) is 19.6 Å². The summed E-state index contributed by atoms with van der Waals surface area (Å²) >= 11 is 0. The summed E-state index contributed by atoms with van der Waals surface area (Å²) in [7, 11) is 2.91. The number of pyridine rings is 1. The molecule has 3 rings (SSSR count). The molecule has 2 aromatic rings. The molecule has 14 nitrogen and oxygen atoms in total. The molecule has 1 unspecified atom stereocenters. The molecule has 0 radical (unpaired) electrons. The fraction of sp³-hybridized carbons (Fsp3) is 0.417. The molecule has 0 saturated heterocycles. The van der Waals surface area contributed by atoms with Crippen molar-refractivity contribution in [2.24, 2.45) is 22.6 Å². The molecule has 0 fully saturated rings. The second-order valence-corrected chi connectivity index (χ2v) is 12.2. The zero-order valence-electron chi connectivity index (χ0n) is 29.1. The van der Waals surface area contributed by atoms with E-state index in [1.54, 1.807) is 57.3 Å². The van der Waals surface area contributed by atoms with Crippen molar-refractivity contribution in [2.45, 2.75) is 65.0 Å². The highest BCUT2D eigenvalue weighted by Crippen LogP contribution is 2.44. The number of rotatable bonds is 7. The number of amides is 3. The first-order valence-corrected chi connectivity index (χ1v) is 16.1. The Labute approximate surface area is 291 Å². The number of benzene rings is 1. The predicted octanol–water partition coefficient (Wildman–Crippen LogP) is 4.09. The molecular formula is C36H47N5O9. The molecule has 50 heavy (non-hydrogen) atoms. The van der Waals surface area contributed by atoms with Crippen LogP contribution in [-0.4, -0.2) is 89.6 Å². The van der Waals surface area contributed by atoms with Crippen LogP contribution < -0.4 is 16.4 Å². The molecular weight excluding hydrogens is 646 g/mol. The number of methoxy groups -OCH3 is 2. The van der Waals surface area contributed by atoms with E-state index in [0.29, 0.717) is 17.6 Å². The predicted molar refractivity (Wildman–Crippen MR) is 188 cm³/mol. The second kappa shape index (κ2) is 18.6. The number of aromatic hydroxyl groups is 2. The Bertz CT molecular complexity index is 1620. The maximum Gasteiger partial charge on any atom is 0.405 e. The normalized spacial score (nSPS) is 23.9. The molecule has 7 N–H and O–H groups in total. The Morgan fingerprint density at radius 1 is 1.20 bits per heavy atom. The Kier molecular flexibility index (Phi) is 14.7. The molecule has 270 valence electrons. The zero-order chi connectivity index (χ0) is 37.0. The van der Waals surface area contributed by atoms with Crippen molar-refractivity contribution < 1.29 is 43.9 Å². The van der Waals surface area contributed by atoms with E-state index in [1.165, 1.54) is 38.8 Å². The van der Waals surface area contributed by atoms with Gasteiger partial charge in [0.25, 0.3) is 11.8 Å². The average molecular weight is 694 g/mol. The molecule has 0 aliphatic carbocycles. The summed E-state index contributed by atoms with van der Waals surface area (Å²) in [6, 6.07) is 4.45. The van der Waals surface area contributed by atoms with E-state index < -0.39 is 42.3 Å². The van der Waals surface area contributed by atoms with Crippen LogP contribution in [0.5, 0.6) is 11.5 Å². The fourth-order valence-electron chi connectivity index (χ4n) is 5.61. The fourth-order valence-corrected chi connectivity index (χ4v) is 5.61. The summed E-state index contributed by atoms with van der Waals surface area (Å²) in [6.07, 6.45) is 6.85. The standard InChI is InChI=1S/C36H47N5O9/c1-20-15-25-30(39-13-14-40-35(46)24-10-8-12-38-19-24)27(42)18-26(32(25)44)41-34(45)21(2)9-7-11-28(48-5)33(50-36(37)47)23(4)17-22(3)31(43)29(16-20)49-6/h7-13,17-20,22,28-29,31,33,42-44H,14-16H2,1-6H3,(H2,37,47)(H,40,46)(H,41,45)/t20-,22+,28+,29+,31-,33?/m1/s1. The van der Waals surface area contributed by atoms with Gasteiger partial charge in [-0.05, 0) is 50.3 Å². The highest BCUT2D eigenvalue weighted by atomic mass is 16.6. The third kappa shape index (κ3) is 10.7. The summed E-state index contributed by atoms with van der Waals surface area (Å²) in [5, 5.41) is 39.2. The Morgan fingerprint density at radius 2 is 1.94 bits per heavy atom. The van der Waals surface area contributed by atoms with Crippen molar-refractivity contribution in [3.8, 4) is 11.5 Å². The number of carbonyl (C=O) groups is 3. The minimum absolute atomic E-state index is 0.0109. The summed E-state index contributed by atoms with van der Waals surface area (Å²) in [5.41, 5.74) is 6.80. The van der Waals surface area contributed by atoms with Gasteiger partial charge in [0.1, 0.15) is 23.3 Å². The van der Waals surface area contributed by atoms with E-state index in [-0.39, 0.29) is 58.8 Å². The van der Waals surface area contributed by atoms with Crippen molar-refractivity contribution in [1.82, 2.24) is 10.3 Å². The number of phenols is 2. The van der Waals surface area contributed by atoms with Crippen molar-refractivity contribution in [3.63, 3.8) is 0 Å². The maximum absolute atomic E-state index is 13.2. The molecule has 6 atom stereocenters. The average Bonchev–Trinajstić information content (AvgIpc) is 3.08. The van der Waals surface area contributed by atoms with Crippen LogP contribution in [0.2, 0.25) is 0 Å². The van der Waals surface area contributed by atoms with E-state index in [0.717, 1.165) is 0 Å². The number of allylic oxidation sites excluding steroid dienone is 2. The number of aliphatic imine (C=N–C) groups is 1. The first kappa shape index (κ1) is 39.4. The van der Waals surface area contributed by atoms with Gasteiger partial charge in [0.15, 0.2) is 6.10 Å². The number of hydrogen-bond donors (Lipinski definition) is 6. The minimum Gasteiger partial charge on any atom is -0.506 e. The van der Waals surface area contributed by atoms with Gasteiger partial charge in [0.05, 0.1) is 30.0 Å². The molecule has 1 aliphatic heterocycles. The number of primary amides is 1. The van der Waals surface area contributed by atoms with Crippen LogP contribution >= 0.6 is 0 Å². The lowest BCUT2D eigenvalue weighted by atomic mass is 9.87. The topological polar surface area (TPSA) is 215 Å². The number of aromatic nitrogens is 1. The van der Waals surface area contributed by atoms with Crippen LogP contribution in [0, 0.1) is 11.8 Å². The van der Waals surface area contributed by atoms with Crippen LogP contribution in [0.4, 0.5) is 16.2 Å². The second-order valence-electron chi connectivity index (χ2n) is 12.2. The largest absolute Gasteiger partial charge is 0.506 e. The Morgan fingerprint density at radius 3 is 2.58 bits per heavy atom. The molecule has 1 aromatic heterocycles. The third-order valence-electron chi connectivity index (χ3n) is 8.30. The Balaban J connectivity index is 2.04. The monoisotopic (exact) mass is 693 g/mol. The lowest BCUT2D eigenvalue weighted by molar-refractivity contribution is -0.112. The van der Waals surface area contributed by atoms with Gasteiger partial charge in [-0.2, -0.15) is 0 Å². The molecule has 2 heterocycles. The van der Waals surface area contributed by atoms with Crippen LogP contribution in [0.3, 0.4) is 0 Å². The first-order chi connectivity index (χ1) is 23.8. The van der Waals surface area contributed by atoms with Gasteiger partial charge in [0.2, 0.25) is 0 Å². The van der Waals surface area contributed by atoms with Crippen molar-refractivity contribution in [1.29, 1.82) is 0 Å². The van der Waals surface area contributed by atoms with Crippen molar-refractivity contribution in [3.05, 3.63) is 77.2 Å². The SMILES string of the molecule is CO[C@H]1C=CC=C(C)C(=O)Nc2cc(O)c(N=CCNC(=O)c3cccnc3)c(c2O)C[C@@H](C)C[C@H](OC)[C@H](O)[C@@H](C)C=C(C)C1OC(N)=O. The van der Waals surface area contributed by atoms with Crippen LogP contribution in [0.25, 0.3) is 0 Å². The van der Waals surface area contributed by atoms with Crippen LogP contribution in [-0.2, 0) is 25.4 Å². The quantitative estimate of drug-likeness (QED) is 0.106. The molecule has 14 heteroatoms. The van der Waals surface area contributed by atoms with Crippen LogP contribution in [0.1, 0.15) is 50.0 Å². The number of anilines is 1. The van der Waals surface area contributed by atoms with Crippen LogP contribution in [0.15, 0.2) is 71.0 Å². The number of nitrogens with zero attached hydrogens (tertiary/aromatic N) is 2. The van der Waals surface area contributed by atoms with Gasteiger partial charge < -0.3 is 45.9 Å². The smallest absolute Gasteiger partial charge is 0.405 e. The number of phenolic OH excluding ortho intramolecular Hbond substituents is 2. The molecule has 1 aromatic carbocycles. The van der Waals surface area contributed by atoms with E-state index in [1.807, 2.05) is 6.92 Å². The van der Waals surface area contributed by atoms with Gasteiger partial charge in [-0.25, -0.2) is 4.79 Å². The molecule has 3 amide bonds. The number of fused-ring (bicyclic) bond motifs is 2. The lowest BCUT2D eigenvalue weighted by Gasteiger charge is -2.29. The van der Waals surface area contributed by atoms with Crippen molar-refractivity contribution >= 4 is 35.5 Å². The number of aliphatic hydroxyl groups excluding tert-OH is 1. The molecule has 1 aliphatic rings. The molecule has 2 bridgehead atoms. The van der Waals surface area contributed by atoms with E-state index in [9.17, 15) is 29.7 Å². The van der Waals surface area contributed by atoms with Gasteiger partial charge in [0, 0.05) is 55.9 Å². The zero-order valence-corrected chi connectivity index (χ0v) is 29.1. The van der Waals surface area contributed by atoms with Gasteiger partial charge >= 0.3 is 6.09 Å². The number of ether oxygens (including phenoxy) is 3. The third-order valence-corrected chi connectivity index (χ3v) is 8.30. The maximum atomic E-state index is 13.2. The van der Waals surface area contributed by atoms with Crippen molar-refractivity contribution in [2.75, 3.05) is 26.1 Å². The number of nitrogens with one attached hydrogen (secondary N) is 2. The highest BCUT2D eigenvalue weighted by molar-refractivity contribution is 6.05. The van der Waals surface area contributed by atoms with E-state index in [2.05, 4.69) is 20.6 Å². The minimum atomic E-state index is -1.01. The summed E-state index contributed by atoms with van der Waals surface area (Å²) in [5.74, 6) is -2.27. The summed E-state index contributed by atoms with van der Waals surface area (Å²) < 4.78 is 16.7.